The summed E-state index contributed by atoms with van der Waals surface area (Å²) in [7, 11) is -2.28. The monoisotopic (exact) mass is 410 g/mol. The summed E-state index contributed by atoms with van der Waals surface area (Å²) < 4.78 is 48.5. The zero-order valence-corrected chi connectivity index (χ0v) is 16.9. The highest BCUT2D eigenvalue weighted by atomic mass is 31.2. The molecule has 0 N–H and O–H groups in total. The van der Waals surface area contributed by atoms with Crippen LogP contribution in [0.15, 0.2) is 30.3 Å². The lowest BCUT2D eigenvalue weighted by Gasteiger charge is -2.46. The number of benzene rings is 1. The molecule has 0 amide bonds. The minimum atomic E-state index is -3.62. The van der Waals surface area contributed by atoms with Gasteiger partial charge in [-0.3, -0.25) is 13.6 Å². The minimum Gasteiger partial charge on any atom is -0.368 e. The fourth-order valence-electron chi connectivity index (χ4n) is 4.85. The van der Waals surface area contributed by atoms with Gasteiger partial charge in [0.2, 0.25) is 0 Å². The third-order valence-corrected chi connectivity index (χ3v) is 7.71. The van der Waals surface area contributed by atoms with E-state index in [0.29, 0.717) is 13.0 Å². The maximum absolute atomic E-state index is 12.8. The predicted molar refractivity (Wildman–Crippen MR) is 99.6 cm³/mol. The highest BCUT2D eigenvalue weighted by molar-refractivity contribution is 7.48. The van der Waals surface area contributed by atoms with E-state index in [4.69, 9.17) is 27.8 Å². The van der Waals surface area contributed by atoms with Crippen LogP contribution < -0.4 is 0 Å². The average Bonchev–Trinajstić information content (AvgIpc) is 3.08. The Morgan fingerprint density at radius 3 is 2.50 bits per heavy atom. The molecule has 5 rings (SSSR count). The molecule has 7 nitrogen and oxygen atoms in total. The molecule has 6 atom stereocenters. The third-order valence-electron chi connectivity index (χ3n) is 6.20. The van der Waals surface area contributed by atoms with E-state index in [2.05, 4.69) is 0 Å². The van der Waals surface area contributed by atoms with Gasteiger partial charge in [-0.05, 0) is 18.4 Å². The molecular weight excluding hydrogens is 383 g/mol. The summed E-state index contributed by atoms with van der Waals surface area (Å²) in [5, 5.41) is 0. The van der Waals surface area contributed by atoms with Crippen LogP contribution in [-0.4, -0.2) is 43.4 Å². The van der Waals surface area contributed by atoms with Crippen LogP contribution in [0, 0.1) is 0 Å². The molecule has 2 saturated carbocycles. The van der Waals surface area contributed by atoms with Gasteiger partial charge >= 0.3 is 7.82 Å². The standard InChI is InChI=1S/C20H27O7P/c1-22-28(21)26-15-12-16(27-28)18-19(25-20(24-18)10-6-3-7-11-20)17(15)23-13-14-8-4-2-5-9-14/h2,4-5,8-9,15-19H,3,6-7,10-13H2,1H3/t15-,16+,17+,18+,19-,28?/m1/s1. The van der Waals surface area contributed by atoms with Crippen LogP contribution in [0.5, 0.6) is 0 Å². The number of fused-ring (bicyclic) bond motifs is 4. The third kappa shape index (κ3) is 3.47. The van der Waals surface area contributed by atoms with E-state index < -0.39 is 25.8 Å². The lowest BCUT2D eigenvalue weighted by atomic mass is 9.87. The Balaban J connectivity index is 1.41. The van der Waals surface area contributed by atoms with E-state index >= 15 is 0 Å². The Morgan fingerprint density at radius 2 is 1.75 bits per heavy atom. The average molecular weight is 410 g/mol. The summed E-state index contributed by atoms with van der Waals surface area (Å²) in [6, 6.07) is 9.97. The smallest absolute Gasteiger partial charge is 0.368 e. The van der Waals surface area contributed by atoms with Crippen molar-refractivity contribution in [1.29, 1.82) is 0 Å². The zero-order chi connectivity index (χ0) is 19.2. The summed E-state index contributed by atoms with van der Waals surface area (Å²) in [6.07, 6.45) is 3.80. The fourth-order valence-corrected chi connectivity index (χ4v) is 6.15. The number of phosphoric acid groups is 1. The molecule has 2 bridgehead atoms. The van der Waals surface area contributed by atoms with E-state index in [1.54, 1.807) is 0 Å². The molecule has 1 spiro atoms. The molecule has 4 fully saturated rings. The van der Waals surface area contributed by atoms with Crippen molar-refractivity contribution in [1.82, 2.24) is 0 Å². The Hall–Kier alpha value is -0.790. The van der Waals surface area contributed by atoms with Gasteiger partial charge in [0, 0.05) is 26.4 Å². The molecule has 2 aliphatic heterocycles. The van der Waals surface area contributed by atoms with Gasteiger partial charge in [-0.15, -0.1) is 0 Å². The molecule has 2 aliphatic carbocycles. The van der Waals surface area contributed by atoms with Crippen LogP contribution in [0.4, 0.5) is 0 Å². The van der Waals surface area contributed by atoms with Gasteiger partial charge in [-0.25, -0.2) is 4.57 Å². The van der Waals surface area contributed by atoms with Crippen LogP contribution in [0.1, 0.15) is 44.1 Å². The van der Waals surface area contributed by atoms with Crippen LogP contribution in [-0.2, 0) is 39.0 Å². The van der Waals surface area contributed by atoms with E-state index in [9.17, 15) is 4.57 Å². The number of hydrogen-bond donors (Lipinski definition) is 0. The summed E-state index contributed by atoms with van der Waals surface area (Å²) in [4.78, 5) is 0. The first-order valence-corrected chi connectivity index (χ1v) is 11.6. The van der Waals surface area contributed by atoms with Gasteiger partial charge < -0.3 is 14.2 Å². The van der Waals surface area contributed by atoms with E-state index in [-0.39, 0.29) is 18.3 Å². The molecular formula is C20H27O7P. The molecule has 1 aromatic rings. The molecule has 0 aromatic heterocycles. The topological polar surface area (TPSA) is 72.5 Å². The molecule has 4 aliphatic rings. The Labute approximate surface area is 165 Å². The first kappa shape index (κ1) is 19.2. The van der Waals surface area contributed by atoms with Gasteiger partial charge in [0.15, 0.2) is 5.79 Å². The lowest BCUT2D eigenvalue weighted by molar-refractivity contribution is -0.205. The van der Waals surface area contributed by atoms with Gasteiger partial charge in [-0.1, -0.05) is 36.8 Å². The van der Waals surface area contributed by atoms with E-state index in [1.165, 1.54) is 13.5 Å². The second-order valence-electron chi connectivity index (χ2n) is 8.05. The summed E-state index contributed by atoms with van der Waals surface area (Å²) in [6.45, 7) is 0.424. The van der Waals surface area contributed by atoms with Crippen LogP contribution in [0.25, 0.3) is 0 Å². The van der Waals surface area contributed by atoms with Crippen molar-refractivity contribution in [2.75, 3.05) is 7.11 Å². The summed E-state index contributed by atoms with van der Waals surface area (Å²) in [5.74, 6) is -0.583. The molecule has 1 aromatic carbocycles. The van der Waals surface area contributed by atoms with E-state index in [0.717, 1.165) is 31.2 Å². The number of phosphoric ester groups is 1. The van der Waals surface area contributed by atoms with Crippen LogP contribution in [0.3, 0.4) is 0 Å². The Bertz CT molecular complexity index is 735. The highest BCUT2D eigenvalue weighted by Crippen LogP contribution is 2.60. The second kappa shape index (κ2) is 7.47. The summed E-state index contributed by atoms with van der Waals surface area (Å²) >= 11 is 0. The Morgan fingerprint density at radius 1 is 1.04 bits per heavy atom. The SMILES string of the molecule is COP1(=O)O[C@H]2C[C@@H](O1)[C@H](OCc1ccccc1)[C@H]1OC3(CCCCC3)O[C@H]12. The van der Waals surface area contributed by atoms with Gasteiger partial charge in [0.05, 0.1) is 6.61 Å². The number of rotatable bonds is 4. The molecule has 2 heterocycles. The molecule has 1 unspecified atom stereocenters. The first-order valence-electron chi connectivity index (χ1n) is 10.1. The number of hydrogen-bond acceptors (Lipinski definition) is 7. The van der Waals surface area contributed by atoms with Crippen molar-refractivity contribution in [2.45, 2.75) is 81.4 Å². The largest absolute Gasteiger partial charge is 0.475 e. The predicted octanol–water partition coefficient (Wildman–Crippen LogP) is 3.96. The van der Waals surface area contributed by atoms with Crippen molar-refractivity contribution >= 4 is 7.82 Å². The molecule has 28 heavy (non-hydrogen) atoms. The van der Waals surface area contributed by atoms with Crippen molar-refractivity contribution in [3.63, 3.8) is 0 Å². The van der Waals surface area contributed by atoms with Crippen LogP contribution in [0.2, 0.25) is 0 Å². The maximum atomic E-state index is 12.8. The van der Waals surface area contributed by atoms with E-state index in [1.807, 2.05) is 30.3 Å². The highest BCUT2D eigenvalue weighted by Gasteiger charge is 2.62. The number of ether oxygens (including phenoxy) is 3. The van der Waals surface area contributed by atoms with Crippen molar-refractivity contribution in [2.24, 2.45) is 0 Å². The molecule has 0 radical (unpaired) electrons. The second-order valence-corrected chi connectivity index (χ2v) is 9.73. The molecule has 154 valence electrons. The quantitative estimate of drug-likeness (QED) is 0.696. The van der Waals surface area contributed by atoms with Crippen LogP contribution >= 0.6 is 7.82 Å². The van der Waals surface area contributed by atoms with Crippen molar-refractivity contribution in [3.8, 4) is 0 Å². The van der Waals surface area contributed by atoms with Gasteiger partial charge in [0.1, 0.15) is 30.5 Å². The Kier molecular flexibility index (Phi) is 5.12. The van der Waals surface area contributed by atoms with Gasteiger partial charge in [-0.2, -0.15) is 0 Å². The fraction of sp³-hybridized carbons (Fsp3) is 0.700. The van der Waals surface area contributed by atoms with Crippen molar-refractivity contribution < 1.29 is 32.3 Å². The molecule has 8 heteroatoms. The zero-order valence-electron chi connectivity index (χ0n) is 16.0. The first-order chi connectivity index (χ1) is 13.6. The normalized spacial score (nSPS) is 41.7. The maximum Gasteiger partial charge on any atom is 0.475 e. The van der Waals surface area contributed by atoms with Crippen molar-refractivity contribution in [3.05, 3.63) is 35.9 Å². The lowest BCUT2D eigenvalue weighted by Crippen LogP contribution is -2.58. The summed E-state index contributed by atoms with van der Waals surface area (Å²) in [5.41, 5.74) is 1.06. The molecule has 2 saturated heterocycles. The minimum absolute atomic E-state index is 0.309. The van der Waals surface area contributed by atoms with Gasteiger partial charge in [0.25, 0.3) is 0 Å².